The van der Waals surface area contributed by atoms with Gasteiger partial charge in [0.05, 0.1) is 0 Å². The van der Waals surface area contributed by atoms with Crippen molar-refractivity contribution in [1.82, 2.24) is 4.90 Å². The molecule has 0 radical (unpaired) electrons. The minimum atomic E-state index is -0.180. The normalized spacial score (nSPS) is 12.7. The summed E-state index contributed by atoms with van der Waals surface area (Å²) in [5, 5.41) is 0. The molecule has 0 amide bonds. The predicted molar refractivity (Wildman–Crippen MR) is 88.5 cm³/mol. The summed E-state index contributed by atoms with van der Waals surface area (Å²) in [7, 11) is 2.01. The van der Waals surface area contributed by atoms with Crippen molar-refractivity contribution in [2.24, 2.45) is 5.73 Å². The standard InChI is InChI=1S/C17H20BrFN2/c1-12-7-8-13(9-16(12)19)17(10-20)21(2)11-14-5-3-4-6-15(14)18/h3-9,17H,10-11,20H2,1-2H3. The Kier molecular flexibility index (Phi) is 5.51. The van der Waals surface area contributed by atoms with Gasteiger partial charge in [-0.1, -0.05) is 46.3 Å². The summed E-state index contributed by atoms with van der Waals surface area (Å²) in [6.07, 6.45) is 0. The van der Waals surface area contributed by atoms with Gasteiger partial charge in [0.2, 0.25) is 0 Å². The highest BCUT2D eigenvalue weighted by atomic mass is 79.9. The third-order valence-electron chi connectivity index (χ3n) is 3.71. The molecule has 2 nitrogen and oxygen atoms in total. The fourth-order valence-electron chi connectivity index (χ4n) is 2.39. The van der Waals surface area contributed by atoms with Crippen LogP contribution in [-0.4, -0.2) is 18.5 Å². The van der Waals surface area contributed by atoms with Crippen LogP contribution in [0.4, 0.5) is 4.39 Å². The van der Waals surface area contributed by atoms with E-state index in [1.165, 1.54) is 5.56 Å². The molecule has 2 N–H and O–H groups in total. The first kappa shape index (κ1) is 16.1. The maximum absolute atomic E-state index is 13.8. The average Bonchev–Trinajstić information content (AvgIpc) is 2.46. The van der Waals surface area contributed by atoms with Crippen LogP contribution in [0.2, 0.25) is 0 Å². The molecule has 0 aliphatic rings. The molecule has 21 heavy (non-hydrogen) atoms. The fraction of sp³-hybridized carbons (Fsp3) is 0.294. The van der Waals surface area contributed by atoms with Crippen molar-refractivity contribution < 1.29 is 4.39 Å². The van der Waals surface area contributed by atoms with Crippen LogP contribution in [0, 0.1) is 12.7 Å². The Balaban J connectivity index is 2.20. The van der Waals surface area contributed by atoms with Gasteiger partial charge in [-0.2, -0.15) is 0 Å². The summed E-state index contributed by atoms with van der Waals surface area (Å²) in [5.41, 5.74) is 8.66. The highest BCUT2D eigenvalue weighted by Crippen LogP contribution is 2.24. The number of likely N-dealkylation sites (N-methyl/N-ethyl adjacent to an activating group) is 1. The second kappa shape index (κ2) is 7.16. The molecular weight excluding hydrogens is 331 g/mol. The van der Waals surface area contributed by atoms with Crippen LogP contribution in [0.15, 0.2) is 46.9 Å². The van der Waals surface area contributed by atoms with E-state index in [-0.39, 0.29) is 11.9 Å². The largest absolute Gasteiger partial charge is 0.329 e. The molecule has 1 atom stereocenters. The number of nitrogens with two attached hydrogens (primary N) is 1. The van der Waals surface area contributed by atoms with Crippen molar-refractivity contribution in [2.75, 3.05) is 13.6 Å². The minimum absolute atomic E-state index is 0.00722. The number of halogens is 2. The highest BCUT2D eigenvalue weighted by Gasteiger charge is 2.17. The van der Waals surface area contributed by atoms with Crippen molar-refractivity contribution in [1.29, 1.82) is 0 Å². The first-order chi connectivity index (χ1) is 10.0. The summed E-state index contributed by atoms with van der Waals surface area (Å²) in [6.45, 7) is 2.96. The van der Waals surface area contributed by atoms with Gasteiger partial charge in [-0.05, 0) is 42.8 Å². The molecule has 2 aromatic carbocycles. The third kappa shape index (κ3) is 3.90. The van der Waals surface area contributed by atoms with Gasteiger partial charge in [0.25, 0.3) is 0 Å². The predicted octanol–water partition coefficient (Wildman–Crippen LogP) is 4.03. The fourth-order valence-corrected chi connectivity index (χ4v) is 2.80. The third-order valence-corrected chi connectivity index (χ3v) is 4.49. The molecule has 0 aliphatic heterocycles. The van der Waals surface area contributed by atoms with Gasteiger partial charge in [0.15, 0.2) is 0 Å². The molecule has 0 saturated heterocycles. The molecule has 0 aromatic heterocycles. The van der Waals surface area contributed by atoms with Gasteiger partial charge in [0.1, 0.15) is 5.82 Å². The molecule has 1 unspecified atom stereocenters. The summed E-state index contributed by atoms with van der Waals surface area (Å²) >= 11 is 3.56. The number of aryl methyl sites for hydroxylation is 1. The van der Waals surface area contributed by atoms with E-state index in [9.17, 15) is 4.39 Å². The lowest BCUT2D eigenvalue weighted by Crippen LogP contribution is -2.30. The molecule has 2 aromatic rings. The van der Waals surface area contributed by atoms with E-state index in [1.54, 1.807) is 19.1 Å². The maximum Gasteiger partial charge on any atom is 0.126 e. The van der Waals surface area contributed by atoms with Crippen molar-refractivity contribution in [3.05, 3.63) is 69.4 Å². The Labute approximate surface area is 133 Å². The topological polar surface area (TPSA) is 29.3 Å². The zero-order valence-electron chi connectivity index (χ0n) is 12.3. The van der Waals surface area contributed by atoms with E-state index in [0.29, 0.717) is 12.1 Å². The maximum atomic E-state index is 13.8. The van der Waals surface area contributed by atoms with E-state index in [4.69, 9.17) is 5.73 Å². The quantitative estimate of drug-likeness (QED) is 0.881. The Morgan fingerprint density at radius 3 is 2.57 bits per heavy atom. The van der Waals surface area contributed by atoms with Crippen molar-refractivity contribution >= 4 is 15.9 Å². The Hall–Kier alpha value is -1.23. The first-order valence-electron chi connectivity index (χ1n) is 6.92. The van der Waals surface area contributed by atoms with Gasteiger partial charge in [0, 0.05) is 23.6 Å². The molecular formula is C17H20BrFN2. The molecule has 0 bridgehead atoms. The van der Waals surface area contributed by atoms with Crippen molar-refractivity contribution in [3.63, 3.8) is 0 Å². The Morgan fingerprint density at radius 2 is 1.95 bits per heavy atom. The van der Waals surface area contributed by atoms with E-state index < -0.39 is 0 Å². The second-order valence-corrected chi connectivity index (χ2v) is 6.12. The number of hydrogen-bond acceptors (Lipinski definition) is 2. The van der Waals surface area contributed by atoms with Crippen molar-refractivity contribution in [3.8, 4) is 0 Å². The van der Waals surface area contributed by atoms with Gasteiger partial charge in [-0.15, -0.1) is 0 Å². The Morgan fingerprint density at radius 1 is 1.24 bits per heavy atom. The zero-order chi connectivity index (χ0) is 15.4. The summed E-state index contributed by atoms with van der Waals surface area (Å²) in [6, 6.07) is 13.4. The van der Waals surface area contributed by atoms with Crippen LogP contribution >= 0.6 is 15.9 Å². The SMILES string of the molecule is Cc1ccc(C(CN)N(C)Cc2ccccc2Br)cc1F. The Bertz CT molecular complexity index is 615. The molecule has 112 valence electrons. The van der Waals surface area contributed by atoms with Crippen LogP contribution < -0.4 is 5.73 Å². The van der Waals surface area contributed by atoms with Crippen LogP contribution in [0.25, 0.3) is 0 Å². The number of rotatable bonds is 5. The molecule has 0 aliphatic carbocycles. The van der Waals surface area contributed by atoms with Crippen molar-refractivity contribution in [2.45, 2.75) is 19.5 Å². The highest BCUT2D eigenvalue weighted by molar-refractivity contribution is 9.10. The minimum Gasteiger partial charge on any atom is -0.329 e. The van der Waals surface area contributed by atoms with Gasteiger partial charge in [-0.3, -0.25) is 4.90 Å². The molecule has 2 rings (SSSR count). The summed E-state index contributed by atoms with van der Waals surface area (Å²) in [5.74, 6) is -0.180. The lowest BCUT2D eigenvalue weighted by molar-refractivity contribution is 0.241. The number of nitrogens with zero attached hydrogens (tertiary/aromatic N) is 1. The van der Waals surface area contributed by atoms with E-state index in [2.05, 4.69) is 26.9 Å². The molecule has 0 fully saturated rings. The lowest BCUT2D eigenvalue weighted by atomic mass is 10.0. The van der Waals surface area contributed by atoms with Crippen LogP contribution in [-0.2, 0) is 6.54 Å². The van der Waals surface area contributed by atoms with Crippen LogP contribution in [0.1, 0.15) is 22.7 Å². The van der Waals surface area contributed by atoms with Crippen LogP contribution in [0.5, 0.6) is 0 Å². The molecule has 4 heteroatoms. The van der Waals surface area contributed by atoms with Gasteiger partial charge in [-0.25, -0.2) is 4.39 Å². The smallest absolute Gasteiger partial charge is 0.126 e. The van der Waals surface area contributed by atoms with E-state index in [0.717, 1.165) is 16.6 Å². The average molecular weight is 351 g/mol. The number of hydrogen-bond donors (Lipinski definition) is 1. The summed E-state index contributed by atoms with van der Waals surface area (Å²) < 4.78 is 14.8. The number of benzene rings is 2. The van der Waals surface area contributed by atoms with Gasteiger partial charge >= 0.3 is 0 Å². The van der Waals surface area contributed by atoms with E-state index in [1.807, 2.05) is 31.3 Å². The van der Waals surface area contributed by atoms with Gasteiger partial charge < -0.3 is 5.73 Å². The second-order valence-electron chi connectivity index (χ2n) is 5.27. The lowest BCUT2D eigenvalue weighted by Gasteiger charge is -2.28. The zero-order valence-corrected chi connectivity index (χ0v) is 13.9. The van der Waals surface area contributed by atoms with E-state index >= 15 is 0 Å². The molecule has 0 spiro atoms. The molecule has 0 heterocycles. The van der Waals surface area contributed by atoms with Crippen LogP contribution in [0.3, 0.4) is 0 Å². The monoisotopic (exact) mass is 350 g/mol. The summed E-state index contributed by atoms with van der Waals surface area (Å²) in [4.78, 5) is 2.14. The first-order valence-corrected chi connectivity index (χ1v) is 7.72. The molecule has 0 saturated carbocycles.